The van der Waals surface area contributed by atoms with Crippen LogP contribution in [0.25, 0.3) is 0 Å². The smallest absolute Gasteiger partial charge is 0.119 e. The molecule has 2 rings (SSSR count). The summed E-state index contributed by atoms with van der Waals surface area (Å²) >= 11 is 0. The van der Waals surface area contributed by atoms with Crippen molar-refractivity contribution in [1.82, 2.24) is 0 Å². The Kier molecular flexibility index (Phi) is 7.49. The van der Waals surface area contributed by atoms with Crippen molar-refractivity contribution in [3.63, 3.8) is 0 Å². The molecule has 0 aromatic heterocycles. The van der Waals surface area contributed by atoms with Crippen LogP contribution in [-0.4, -0.2) is 58.8 Å². The van der Waals surface area contributed by atoms with E-state index in [0.29, 0.717) is 13.2 Å². The highest BCUT2D eigenvalue weighted by Gasteiger charge is 2.12. The predicted octanol–water partition coefficient (Wildman–Crippen LogP) is 0.784. The number of nitrogens with one attached hydrogen (secondary N) is 1. The first-order valence-electron chi connectivity index (χ1n) is 8.12. The molecule has 1 N–H and O–H groups in total. The molecule has 0 saturated carbocycles. The van der Waals surface area contributed by atoms with Gasteiger partial charge in [0, 0.05) is 0 Å². The third-order valence-corrected chi connectivity index (χ3v) is 3.49. The maximum Gasteiger partial charge on any atom is 0.119 e. The molecule has 0 amide bonds. The van der Waals surface area contributed by atoms with Crippen LogP contribution >= 0.6 is 0 Å². The highest BCUT2D eigenvalue weighted by atomic mass is 16.5. The Morgan fingerprint density at radius 3 is 2.36 bits per heavy atom. The summed E-state index contributed by atoms with van der Waals surface area (Å²) in [7, 11) is 0. The Morgan fingerprint density at radius 2 is 1.68 bits per heavy atom. The van der Waals surface area contributed by atoms with Gasteiger partial charge in [0.25, 0.3) is 0 Å². The molecule has 1 aromatic rings. The van der Waals surface area contributed by atoms with E-state index in [2.05, 4.69) is 0 Å². The van der Waals surface area contributed by atoms with Crippen LogP contribution in [0.3, 0.4) is 0 Å². The molecular formula is C17H28NO4+. The standard InChI is InChI=1S/C17H27NO4/c1-15(2)22-17-5-3-16(4-6-17)21-14-13-20-12-9-18-7-10-19-11-8-18/h3-6,15H,7-14H2,1-2H3/p+1. The Morgan fingerprint density at radius 1 is 1.00 bits per heavy atom. The second-order valence-electron chi connectivity index (χ2n) is 5.71. The molecule has 1 fully saturated rings. The average molecular weight is 310 g/mol. The Balaban J connectivity index is 1.52. The molecule has 0 atom stereocenters. The number of benzene rings is 1. The number of hydrogen-bond acceptors (Lipinski definition) is 4. The second kappa shape index (κ2) is 9.66. The predicted molar refractivity (Wildman–Crippen MR) is 84.9 cm³/mol. The summed E-state index contributed by atoms with van der Waals surface area (Å²) in [5.41, 5.74) is 0. The van der Waals surface area contributed by atoms with Gasteiger partial charge in [0.2, 0.25) is 0 Å². The molecule has 1 aromatic carbocycles. The zero-order valence-corrected chi connectivity index (χ0v) is 13.7. The summed E-state index contributed by atoms with van der Waals surface area (Å²) in [5.74, 6) is 1.71. The van der Waals surface area contributed by atoms with Crippen molar-refractivity contribution < 1.29 is 23.8 Å². The van der Waals surface area contributed by atoms with Crippen molar-refractivity contribution in [2.45, 2.75) is 20.0 Å². The first-order chi connectivity index (χ1) is 10.7. The number of morpholine rings is 1. The van der Waals surface area contributed by atoms with Crippen LogP contribution in [0.5, 0.6) is 11.5 Å². The van der Waals surface area contributed by atoms with Crippen molar-refractivity contribution in [2.24, 2.45) is 0 Å². The lowest BCUT2D eigenvalue weighted by Crippen LogP contribution is -3.14. The maximum atomic E-state index is 5.65. The zero-order valence-electron chi connectivity index (χ0n) is 13.7. The molecule has 0 radical (unpaired) electrons. The van der Waals surface area contributed by atoms with Gasteiger partial charge >= 0.3 is 0 Å². The number of hydrogen-bond donors (Lipinski definition) is 1. The monoisotopic (exact) mass is 310 g/mol. The third-order valence-electron chi connectivity index (χ3n) is 3.49. The van der Waals surface area contributed by atoms with E-state index in [0.717, 1.165) is 51.0 Å². The van der Waals surface area contributed by atoms with Crippen LogP contribution in [0.1, 0.15) is 13.8 Å². The van der Waals surface area contributed by atoms with Gasteiger partial charge in [-0.3, -0.25) is 0 Å². The van der Waals surface area contributed by atoms with E-state index < -0.39 is 0 Å². The normalized spacial score (nSPS) is 16.0. The summed E-state index contributed by atoms with van der Waals surface area (Å²) in [4.78, 5) is 1.56. The Hall–Kier alpha value is -1.30. The van der Waals surface area contributed by atoms with Crippen molar-refractivity contribution >= 4 is 0 Å². The molecule has 0 spiro atoms. The number of quaternary nitrogens is 1. The van der Waals surface area contributed by atoms with E-state index in [1.165, 1.54) is 0 Å². The van der Waals surface area contributed by atoms with Crippen molar-refractivity contribution in [2.75, 3.05) is 52.7 Å². The topological polar surface area (TPSA) is 41.4 Å². The highest BCUT2D eigenvalue weighted by Crippen LogP contribution is 2.18. The molecule has 1 aliphatic rings. The van der Waals surface area contributed by atoms with Crippen molar-refractivity contribution in [1.29, 1.82) is 0 Å². The van der Waals surface area contributed by atoms with Crippen LogP contribution in [0, 0.1) is 0 Å². The minimum Gasteiger partial charge on any atom is -0.491 e. The number of ether oxygens (including phenoxy) is 4. The summed E-state index contributed by atoms with van der Waals surface area (Å²) in [6, 6.07) is 7.71. The van der Waals surface area contributed by atoms with Gasteiger partial charge in [-0.25, -0.2) is 0 Å². The van der Waals surface area contributed by atoms with Gasteiger partial charge in [0.15, 0.2) is 0 Å². The van der Waals surface area contributed by atoms with Gasteiger partial charge in [-0.15, -0.1) is 0 Å². The summed E-state index contributed by atoms with van der Waals surface area (Å²) in [6.45, 7) is 11.0. The maximum absolute atomic E-state index is 5.65. The largest absolute Gasteiger partial charge is 0.491 e. The van der Waals surface area contributed by atoms with Crippen molar-refractivity contribution in [3.05, 3.63) is 24.3 Å². The second-order valence-corrected chi connectivity index (χ2v) is 5.71. The fraction of sp³-hybridized carbons (Fsp3) is 0.647. The molecule has 0 aliphatic carbocycles. The fourth-order valence-corrected chi connectivity index (χ4v) is 2.33. The summed E-state index contributed by atoms with van der Waals surface area (Å²) < 4.78 is 22.2. The van der Waals surface area contributed by atoms with Gasteiger partial charge in [-0.2, -0.15) is 0 Å². The minimum atomic E-state index is 0.189. The summed E-state index contributed by atoms with van der Waals surface area (Å²) in [6.07, 6.45) is 0.189. The van der Waals surface area contributed by atoms with Crippen LogP contribution < -0.4 is 14.4 Å². The molecule has 22 heavy (non-hydrogen) atoms. The first kappa shape index (κ1) is 17.1. The molecule has 1 aliphatic heterocycles. The molecule has 0 unspecified atom stereocenters. The van der Waals surface area contributed by atoms with Gasteiger partial charge in [-0.1, -0.05) is 0 Å². The van der Waals surface area contributed by atoms with E-state index >= 15 is 0 Å². The molecule has 1 saturated heterocycles. The van der Waals surface area contributed by atoms with Gasteiger partial charge in [-0.05, 0) is 38.1 Å². The molecule has 5 nitrogen and oxygen atoms in total. The molecule has 5 heteroatoms. The Labute approximate surface area is 133 Å². The summed E-state index contributed by atoms with van der Waals surface area (Å²) in [5, 5.41) is 0. The van der Waals surface area contributed by atoms with Gasteiger partial charge in [0.05, 0.1) is 32.5 Å². The molecule has 0 bridgehead atoms. The fourth-order valence-electron chi connectivity index (χ4n) is 2.33. The highest BCUT2D eigenvalue weighted by molar-refractivity contribution is 5.31. The molecular weight excluding hydrogens is 282 g/mol. The SMILES string of the molecule is CC(C)Oc1ccc(OCCOCC[NH+]2CCOCC2)cc1. The van der Waals surface area contributed by atoms with Crippen LogP contribution in [0.2, 0.25) is 0 Å². The first-order valence-corrected chi connectivity index (χ1v) is 8.12. The zero-order chi connectivity index (χ0) is 15.6. The van der Waals surface area contributed by atoms with E-state index in [4.69, 9.17) is 18.9 Å². The number of rotatable bonds is 9. The lowest BCUT2D eigenvalue weighted by Gasteiger charge is -2.23. The lowest BCUT2D eigenvalue weighted by atomic mass is 10.3. The molecule has 124 valence electrons. The molecule has 1 heterocycles. The minimum absolute atomic E-state index is 0.189. The average Bonchev–Trinajstić information content (AvgIpc) is 2.53. The quantitative estimate of drug-likeness (QED) is 0.685. The van der Waals surface area contributed by atoms with Gasteiger partial charge in [0.1, 0.15) is 37.7 Å². The van der Waals surface area contributed by atoms with E-state index in [1.54, 1.807) is 4.90 Å². The van der Waals surface area contributed by atoms with Crippen LogP contribution in [0.15, 0.2) is 24.3 Å². The van der Waals surface area contributed by atoms with Crippen LogP contribution in [-0.2, 0) is 9.47 Å². The van der Waals surface area contributed by atoms with E-state index in [9.17, 15) is 0 Å². The van der Waals surface area contributed by atoms with E-state index in [1.807, 2.05) is 38.1 Å². The van der Waals surface area contributed by atoms with Gasteiger partial charge < -0.3 is 23.8 Å². The lowest BCUT2D eigenvalue weighted by molar-refractivity contribution is -0.908. The third kappa shape index (κ3) is 6.64. The Bertz CT molecular complexity index is 402. The van der Waals surface area contributed by atoms with Crippen LogP contribution in [0.4, 0.5) is 0 Å². The van der Waals surface area contributed by atoms with Crippen molar-refractivity contribution in [3.8, 4) is 11.5 Å². The van der Waals surface area contributed by atoms with E-state index in [-0.39, 0.29) is 6.10 Å².